The summed E-state index contributed by atoms with van der Waals surface area (Å²) in [6.07, 6.45) is 0. The molecule has 0 atom stereocenters. The topological polar surface area (TPSA) is 57.5 Å². The molecule has 0 saturated heterocycles. The molecule has 0 aromatic heterocycles. The van der Waals surface area contributed by atoms with Crippen LogP contribution < -0.4 is 0 Å². The lowest BCUT2D eigenvalue weighted by molar-refractivity contribution is 0.108. The monoisotopic (exact) mass is 240 g/mol. The first-order valence-corrected chi connectivity index (χ1v) is 7.48. The number of carbonyl (C=O) groups is 1. The summed E-state index contributed by atoms with van der Waals surface area (Å²) in [5.74, 6) is 1.76. The highest BCUT2D eigenvalue weighted by Gasteiger charge is 2.39. The van der Waals surface area contributed by atoms with Crippen LogP contribution in [0.2, 0.25) is 0 Å². The highest BCUT2D eigenvalue weighted by molar-refractivity contribution is 8.45. The molecule has 0 unspecified atom stereocenters. The molecule has 1 aliphatic heterocycles. The number of fused-ring (bicyclic) bond motifs is 1. The zero-order chi connectivity index (χ0) is 11.6. The van der Waals surface area contributed by atoms with Gasteiger partial charge in [-0.15, -0.1) is 0 Å². The number of aliphatic hydroxyl groups excluding tert-OH is 2. The van der Waals surface area contributed by atoms with Gasteiger partial charge in [0.2, 0.25) is 5.12 Å². The van der Waals surface area contributed by atoms with Crippen molar-refractivity contribution in [3.8, 4) is 0 Å². The molecular formula is C12H16O3S. The van der Waals surface area contributed by atoms with E-state index in [1.807, 2.05) is 24.3 Å². The minimum atomic E-state index is -1.54. The van der Waals surface area contributed by atoms with Crippen molar-refractivity contribution in [2.45, 2.75) is 5.75 Å². The fraction of sp³-hybridized carbons (Fsp3) is 0.417. The Bertz CT molecular complexity index is 397. The Balaban J connectivity index is 2.36. The molecule has 0 fully saturated rings. The van der Waals surface area contributed by atoms with Gasteiger partial charge < -0.3 is 10.2 Å². The lowest BCUT2D eigenvalue weighted by Crippen LogP contribution is -2.19. The summed E-state index contributed by atoms with van der Waals surface area (Å²) in [7, 11) is -1.54. The maximum Gasteiger partial charge on any atom is 0.203 e. The molecule has 88 valence electrons. The van der Waals surface area contributed by atoms with Crippen LogP contribution >= 0.6 is 10.0 Å². The van der Waals surface area contributed by atoms with E-state index in [4.69, 9.17) is 10.2 Å². The molecule has 0 saturated carbocycles. The van der Waals surface area contributed by atoms with Crippen molar-refractivity contribution in [1.29, 1.82) is 0 Å². The van der Waals surface area contributed by atoms with E-state index in [1.165, 1.54) is 0 Å². The van der Waals surface area contributed by atoms with Gasteiger partial charge in [-0.2, -0.15) is 10.0 Å². The van der Waals surface area contributed by atoms with Crippen LogP contribution in [0.4, 0.5) is 0 Å². The molecule has 3 nitrogen and oxygen atoms in total. The van der Waals surface area contributed by atoms with Crippen molar-refractivity contribution in [3.05, 3.63) is 35.4 Å². The number of rotatable bonds is 4. The molecule has 16 heavy (non-hydrogen) atoms. The standard InChI is InChI=1S/C12H16O3S/c13-5-7-16(8-6-14)9-10-3-1-2-4-11(10)12(16)15/h1-4,13-14H,5-9H2. The zero-order valence-corrected chi connectivity index (χ0v) is 9.87. The number of carbonyl (C=O) groups excluding carboxylic acids is 1. The van der Waals surface area contributed by atoms with E-state index in [0.29, 0.717) is 11.5 Å². The van der Waals surface area contributed by atoms with Gasteiger partial charge in [-0.3, -0.25) is 4.79 Å². The van der Waals surface area contributed by atoms with Crippen molar-refractivity contribution < 1.29 is 15.0 Å². The number of hydrogen-bond donors (Lipinski definition) is 2. The average molecular weight is 240 g/mol. The highest BCUT2D eigenvalue weighted by Crippen LogP contribution is 2.58. The Hall–Kier alpha value is -0.840. The number of aliphatic hydroxyl groups is 2. The largest absolute Gasteiger partial charge is 0.396 e. The third-order valence-corrected chi connectivity index (χ3v) is 6.82. The first-order valence-electron chi connectivity index (χ1n) is 5.34. The Morgan fingerprint density at radius 1 is 1.12 bits per heavy atom. The van der Waals surface area contributed by atoms with E-state index in [2.05, 4.69) is 0 Å². The molecule has 0 bridgehead atoms. The van der Waals surface area contributed by atoms with E-state index in [1.54, 1.807) is 0 Å². The van der Waals surface area contributed by atoms with Gasteiger partial charge in [0, 0.05) is 22.8 Å². The van der Waals surface area contributed by atoms with Crippen LogP contribution in [-0.4, -0.2) is 40.0 Å². The lowest BCUT2D eigenvalue weighted by atomic mass is 10.1. The third-order valence-electron chi connectivity index (χ3n) is 3.03. The fourth-order valence-electron chi connectivity index (χ4n) is 2.22. The van der Waals surface area contributed by atoms with Crippen LogP contribution in [-0.2, 0) is 5.75 Å². The summed E-state index contributed by atoms with van der Waals surface area (Å²) < 4.78 is 0. The molecule has 1 heterocycles. The van der Waals surface area contributed by atoms with Gasteiger partial charge >= 0.3 is 0 Å². The van der Waals surface area contributed by atoms with Crippen molar-refractivity contribution >= 4 is 15.1 Å². The minimum Gasteiger partial charge on any atom is -0.396 e. The van der Waals surface area contributed by atoms with Gasteiger partial charge in [-0.05, 0) is 5.56 Å². The van der Waals surface area contributed by atoms with Gasteiger partial charge in [-0.1, -0.05) is 24.3 Å². The Kier molecular flexibility index (Phi) is 3.33. The SMILES string of the molecule is O=C1c2ccccc2CS1(CCO)CCO. The van der Waals surface area contributed by atoms with E-state index < -0.39 is 10.0 Å². The first kappa shape index (κ1) is 11.6. The summed E-state index contributed by atoms with van der Waals surface area (Å²) in [5.41, 5.74) is 1.86. The van der Waals surface area contributed by atoms with Crippen molar-refractivity contribution in [3.63, 3.8) is 0 Å². The van der Waals surface area contributed by atoms with Gasteiger partial charge in [0.15, 0.2) is 0 Å². The smallest absolute Gasteiger partial charge is 0.203 e. The van der Waals surface area contributed by atoms with Gasteiger partial charge in [-0.25, -0.2) is 0 Å². The quantitative estimate of drug-likeness (QED) is 0.829. The van der Waals surface area contributed by atoms with Crippen molar-refractivity contribution in [2.75, 3.05) is 24.7 Å². The third kappa shape index (κ3) is 1.77. The Morgan fingerprint density at radius 2 is 1.75 bits per heavy atom. The van der Waals surface area contributed by atoms with Crippen LogP contribution in [0.25, 0.3) is 0 Å². The summed E-state index contributed by atoms with van der Waals surface area (Å²) in [6.45, 7) is 0.0458. The summed E-state index contributed by atoms with van der Waals surface area (Å²) in [4.78, 5) is 12.3. The summed E-state index contributed by atoms with van der Waals surface area (Å²) in [5, 5.41) is 18.4. The van der Waals surface area contributed by atoms with Crippen LogP contribution in [0.1, 0.15) is 15.9 Å². The molecule has 1 aromatic carbocycles. The molecule has 2 N–H and O–H groups in total. The zero-order valence-electron chi connectivity index (χ0n) is 9.06. The molecule has 2 rings (SSSR count). The van der Waals surface area contributed by atoms with Gasteiger partial charge in [0.05, 0.1) is 13.2 Å². The first-order chi connectivity index (χ1) is 7.73. The predicted octanol–water partition coefficient (Wildman–Crippen LogP) is 1.13. The maximum absolute atomic E-state index is 12.3. The van der Waals surface area contributed by atoms with Crippen molar-refractivity contribution in [2.24, 2.45) is 0 Å². The minimum absolute atomic E-state index is 0.0229. The molecule has 0 spiro atoms. The Labute approximate surface area is 96.4 Å². The highest BCUT2D eigenvalue weighted by atomic mass is 32.3. The van der Waals surface area contributed by atoms with E-state index >= 15 is 0 Å². The predicted molar refractivity (Wildman–Crippen MR) is 66.0 cm³/mol. The molecule has 0 amide bonds. The second-order valence-corrected chi connectivity index (χ2v) is 7.56. The molecule has 0 radical (unpaired) electrons. The van der Waals surface area contributed by atoms with Gasteiger partial charge in [0.1, 0.15) is 0 Å². The average Bonchev–Trinajstić information content (AvgIpc) is 2.54. The van der Waals surface area contributed by atoms with Crippen LogP contribution in [0.15, 0.2) is 24.3 Å². The van der Waals surface area contributed by atoms with Crippen LogP contribution in [0.3, 0.4) is 0 Å². The maximum atomic E-state index is 12.3. The molecule has 1 aliphatic rings. The van der Waals surface area contributed by atoms with Crippen LogP contribution in [0.5, 0.6) is 0 Å². The van der Waals surface area contributed by atoms with Crippen molar-refractivity contribution in [1.82, 2.24) is 0 Å². The lowest BCUT2D eigenvalue weighted by Gasteiger charge is -2.32. The van der Waals surface area contributed by atoms with Crippen LogP contribution in [0, 0.1) is 0 Å². The van der Waals surface area contributed by atoms with E-state index in [0.717, 1.165) is 16.9 Å². The fourth-order valence-corrected chi connectivity index (χ4v) is 5.43. The normalized spacial score (nSPS) is 19.5. The molecule has 4 heteroatoms. The Morgan fingerprint density at radius 3 is 2.31 bits per heavy atom. The summed E-state index contributed by atoms with van der Waals surface area (Å²) >= 11 is 0. The molecule has 0 aliphatic carbocycles. The molecule has 1 aromatic rings. The number of benzene rings is 1. The second-order valence-electron chi connectivity index (χ2n) is 3.99. The number of hydrogen-bond acceptors (Lipinski definition) is 3. The van der Waals surface area contributed by atoms with E-state index in [-0.39, 0.29) is 18.3 Å². The molecular weight excluding hydrogens is 224 g/mol. The summed E-state index contributed by atoms with van der Waals surface area (Å²) in [6, 6.07) is 7.61. The second kappa shape index (κ2) is 4.57. The van der Waals surface area contributed by atoms with Gasteiger partial charge in [0.25, 0.3) is 0 Å². The van der Waals surface area contributed by atoms with E-state index in [9.17, 15) is 4.79 Å².